The monoisotopic (exact) mass is 306 g/mol. The van der Waals surface area contributed by atoms with E-state index in [0.29, 0.717) is 18.2 Å². The summed E-state index contributed by atoms with van der Waals surface area (Å²) >= 11 is 0. The standard InChI is InChI=1S/C16H26N4O2/c1-3-4-5-8-17-16-19-12(2)10-14(20-16)15(21)18-11-13-7-6-9-22-13/h10,13H,3-9,11H2,1-2H3,(H,18,21)(H,17,19,20). The topological polar surface area (TPSA) is 76.1 Å². The Balaban J connectivity index is 1.88. The molecule has 1 atom stereocenters. The van der Waals surface area contributed by atoms with Gasteiger partial charge in [0, 0.05) is 25.4 Å². The van der Waals surface area contributed by atoms with Crippen molar-refractivity contribution < 1.29 is 9.53 Å². The summed E-state index contributed by atoms with van der Waals surface area (Å²) in [6.45, 7) is 6.20. The first-order valence-electron chi connectivity index (χ1n) is 8.18. The van der Waals surface area contributed by atoms with Crippen molar-refractivity contribution in [3.63, 3.8) is 0 Å². The molecular weight excluding hydrogens is 280 g/mol. The minimum atomic E-state index is -0.169. The summed E-state index contributed by atoms with van der Waals surface area (Å²) in [5.41, 5.74) is 1.19. The molecule has 0 radical (unpaired) electrons. The molecule has 122 valence electrons. The maximum absolute atomic E-state index is 12.2. The molecule has 2 heterocycles. The number of nitrogens with zero attached hydrogens (tertiary/aromatic N) is 2. The van der Waals surface area contributed by atoms with Crippen LogP contribution in [0.2, 0.25) is 0 Å². The van der Waals surface area contributed by atoms with Gasteiger partial charge in [-0.2, -0.15) is 0 Å². The lowest BCUT2D eigenvalue weighted by molar-refractivity contribution is 0.0853. The number of aromatic nitrogens is 2. The summed E-state index contributed by atoms with van der Waals surface area (Å²) in [4.78, 5) is 20.8. The van der Waals surface area contributed by atoms with Crippen molar-refractivity contribution in [3.05, 3.63) is 17.5 Å². The van der Waals surface area contributed by atoms with Crippen molar-refractivity contribution in [1.82, 2.24) is 15.3 Å². The van der Waals surface area contributed by atoms with Crippen molar-refractivity contribution in [2.24, 2.45) is 0 Å². The van der Waals surface area contributed by atoms with E-state index in [-0.39, 0.29) is 12.0 Å². The highest BCUT2D eigenvalue weighted by molar-refractivity contribution is 5.92. The summed E-state index contributed by atoms with van der Waals surface area (Å²) in [6.07, 6.45) is 5.64. The van der Waals surface area contributed by atoms with Crippen LogP contribution in [0.1, 0.15) is 55.2 Å². The number of aryl methyl sites for hydroxylation is 1. The summed E-state index contributed by atoms with van der Waals surface area (Å²) < 4.78 is 5.50. The molecule has 0 spiro atoms. The SMILES string of the molecule is CCCCCNc1nc(C)cc(C(=O)NCC2CCCO2)n1. The Morgan fingerprint density at radius 2 is 2.27 bits per heavy atom. The number of rotatable bonds is 8. The van der Waals surface area contributed by atoms with E-state index in [0.717, 1.165) is 38.1 Å². The van der Waals surface area contributed by atoms with Gasteiger partial charge in [-0.05, 0) is 32.3 Å². The number of amides is 1. The molecule has 1 saturated heterocycles. The zero-order valence-electron chi connectivity index (χ0n) is 13.5. The zero-order chi connectivity index (χ0) is 15.8. The number of carbonyl (C=O) groups is 1. The first-order chi connectivity index (χ1) is 10.7. The average Bonchev–Trinajstić information content (AvgIpc) is 3.02. The van der Waals surface area contributed by atoms with Crippen molar-refractivity contribution >= 4 is 11.9 Å². The van der Waals surface area contributed by atoms with Crippen molar-refractivity contribution in [2.45, 2.75) is 52.1 Å². The van der Waals surface area contributed by atoms with Gasteiger partial charge in [0.05, 0.1) is 6.10 Å². The highest BCUT2D eigenvalue weighted by Gasteiger charge is 2.17. The molecule has 2 N–H and O–H groups in total. The Kier molecular flexibility index (Phi) is 6.58. The lowest BCUT2D eigenvalue weighted by Crippen LogP contribution is -2.32. The third-order valence-corrected chi connectivity index (χ3v) is 3.66. The molecule has 0 aromatic carbocycles. The van der Waals surface area contributed by atoms with E-state index >= 15 is 0 Å². The van der Waals surface area contributed by atoms with Gasteiger partial charge in [0.15, 0.2) is 0 Å². The fourth-order valence-electron chi connectivity index (χ4n) is 2.44. The van der Waals surface area contributed by atoms with Crippen LogP contribution in [0.4, 0.5) is 5.95 Å². The summed E-state index contributed by atoms with van der Waals surface area (Å²) in [6, 6.07) is 1.71. The maximum Gasteiger partial charge on any atom is 0.270 e. The molecular formula is C16H26N4O2. The Morgan fingerprint density at radius 1 is 1.41 bits per heavy atom. The van der Waals surface area contributed by atoms with E-state index in [2.05, 4.69) is 27.5 Å². The molecule has 1 aromatic rings. The van der Waals surface area contributed by atoms with Crippen molar-refractivity contribution in [3.8, 4) is 0 Å². The van der Waals surface area contributed by atoms with Gasteiger partial charge in [0.25, 0.3) is 5.91 Å². The maximum atomic E-state index is 12.2. The highest BCUT2D eigenvalue weighted by Crippen LogP contribution is 2.11. The Hall–Kier alpha value is -1.69. The smallest absolute Gasteiger partial charge is 0.270 e. The van der Waals surface area contributed by atoms with E-state index in [9.17, 15) is 4.79 Å². The fraction of sp³-hybridized carbons (Fsp3) is 0.688. The molecule has 1 aliphatic rings. The molecule has 6 nitrogen and oxygen atoms in total. The molecule has 2 rings (SSSR count). The molecule has 1 fully saturated rings. The number of hydrogen-bond donors (Lipinski definition) is 2. The number of hydrogen-bond acceptors (Lipinski definition) is 5. The predicted octanol–water partition coefficient (Wildman–Crippen LogP) is 2.30. The van der Waals surface area contributed by atoms with Gasteiger partial charge in [-0.3, -0.25) is 4.79 Å². The van der Waals surface area contributed by atoms with Gasteiger partial charge in [-0.15, -0.1) is 0 Å². The number of nitrogens with one attached hydrogen (secondary N) is 2. The van der Waals surface area contributed by atoms with Crippen LogP contribution in [0.15, 0.2) is 6.07 Å². The molecule has 6 heteroatoms. The number of unbranched alkanes of at least 4 members (excludes halogenated alkanes) is 2. The molecule has 1 amide bonds. The molecule has 1 aliphatic heterocycles. The Labute approximate surface area is 132 Å². The van der Waals surface area contributed by atoms with Crippen LogP contribution in [-0.4, -0.2) is 41.7 Å². The molecule has 0 saturated carbocycles. The second-order valence-electron chi connectivity index (χ2n) is 5.70. The fourth-order valence-corrected chi connectivity index (χ4v) is 2.44. The number of anilines is 1. The lowest BCUT2D eigenvalue weighted by Gasteiger charge is -2.11. The third kappa shape index (κ3) is 5.26. The molecule has 0 aliphatic carbocycles. The third-order valence-electron chi connectivity index (χ3n) is 3.66. The van der Waals surface area contributed by atoms with Crippen LogP contribution in [0.5, 0.6) is 0 Å². The highest BCUT2D eigenvalue weighted by atomic mass is 16.5. The van der Waals surface area contributed by atoms with E-state index < -0.39 is 0 Å². The van der Waals surface area contributed by atoms with E-state index in [1.807, 2.05) is 6.92 Å². The van der Waals surface area contributed by atoms with Crippen molar-refractivity contribution in [2.75, 3.05) is 25.0 Å². The predicted molar refractivity (Wildman–Crippen MR) is 86.1 cm³/mol. The zero-order valence-corrected chi connectivity index (χ0v) is 13.5. The van der Waals surface area contributed by atoms with Gasteiger partial charge in [-0.25, -0.2) is 9.97 Å². The number of ether oxygens (including phenoxy) is 1. The first kappa shape index (κ1) is 16.7. The average molecular weight is 306 g/mol. The minimum absolute atomic E-state index is 0.138. The van der Waals surface area contributed by atoms with Crippen LogP contribution < -0.4 is 10.6 Å². The second-order valence-corrected chi connectivity index (χ2v) is 5.70. The quantitative estimate of drug-likeness (QED) is 0.721. The Bertz CT molecular complexity index is 487. The van der Waals surface area contributed by atoms with Crippen molar-refractivity contribution in [1.29, 1.82) is 0 Å². The molecule has 0 bridgehead atoms. The van der Waals surface area contributed by atoms with E-state index in [1.54, 1.807) is 6.07 Å². The van der Waals surface area contributed by atoms with Gasteiger partial charge < -0.3 is 15.4 Å². The van der Waals surface area contributed by atoms with Gasteiger partial charge in [-0.1, -0.05) is 19.8 Å². The minimum Gasteiger partial charge on any atom is -0.376 e. The summed E-state index contributed by atoms with van der Waals surface area (Å²) in [5.74, 6) is 0.357. The first-order valence-corrected chi connectivity index (χ1v) is 8.18. The largest absolute Gasteiger partial charge is 0.376 e. The number of carbonyl (C=O) groups excluding carboxylic acids is 1. The van der Waals surface area contributed by atoms with Crippen LogP contribution in [0, 0.1) is 6.92 Å². The molecule has 1 aromatic heterocycles. The van der Waals surface area contributed by atoms with Crippen LogP contribution in [0.25, 0.3) is 0 Å². The normalized spacial score (nSPS) is 17.5. The van der Waals surface area contributed by atoms with Crippen LogP contribution >= 0.6 is 0 Å². The van der Waals surface area contributed by atoms with Gasteiger partial charge in [0.2, 0.25) is 5.95 Å². The summed E-state index contributed by atoms with van der Waals surface area (Å²) in [5, 5.41) is 6.08. The lowest BCUT2D eigenvalue weighted by atomic mass is 10.2. The van der Waals surface area contributed by atoms with Gasteiger partial charge >= 0.3 is 0 Å². The Morgan fingerprint density at radius 3 is 3.00 bits per heavy atom. The second kappa shape index (κ2) is 8.68. The van der Waals surface area contributed by atoms with Crippen LogP contribution in [0.3, 0.4) is 0 Å². The molecule has 1 unspecified atom stereocenters. The molecule has 22 heavy (non-hydrogen) atoms. The van der Waals surface area contributed by atoms with Gasteiger partial charge in [0.1, 0.15) is 5.69 Å². The van der Waals surface area contributed by atoms with Crippen LogP contribution in [-0.2, 0) is 4.74 Å². The summed E-state index contributed by atoms with van der Waals surface area (Å²) in [7, 11) is 0. The van der Waals surface area contributed by atoms with E-state index in [1.165, 1.54) is 12.8 Å². The van der Waals surface area contributed by atoms with E-state index in [4.69, 9.17) is 4.74 Å².